The van der Waals surface area contributed by atoms with Crippen LogP contribution in [0.5, 0.6) is 0 Å². The Morgan fingerprint density at radius 3 is 2.38 bits per heavy atom. The van der Waals surface area contributed by atoms with Crippen molar-refractivity contribution in [2.24, 2.45) is 23.7 Å². The molecule has 1 aromatic heterocycles. The highest BCUT2D eigenvalue weighted by molar-refractivity contribution is 5.86. The number of aliphatic carboxylic acids is 1. The SMILES string of the molecule is O=C(O)C1C2CCC(C2)C1C(=O)N1CCN(c2ccccn2)CC1. The van der Waals surface area contributed by atoms with Gasteiger partial charge in [0.2, 0.25) is 5.91 Å². The zero-order valence-electron chi connectivity index (χ0n) is 13.7. The molecule has 1 N–H and O–H groups in total. The number of aromatic nitrogens is 1. The van der Waals surface area contributed by atoms with Crippen molar-refractivity contribution in [3.8, 4) is 0 Å². The number of hydrogen-bond donors (Lipinski definition) is 1. The van der Waals surface area contributed by atoms with Gasteiger partial charge >= 0.3 is 5.97 Å². The number of carboxylic acid groups (broad SMARTS) is 1. The third kappa shape index (κ3) is 2.54. The van der Waals surface area contributed by atoms with Gasteiger partial charge in [-0.1, -0.05) is 6.07 Å². The van der Waals surface area contributed by atoms with Crippen molar-refractivity contribution in [3.63, 3.8) is 0 Å². The van der Waals surface area contributed by atoms with Crippen molar-refractivity contribution >= 4 is 17.7 Å². The van der Waals surface area contributed by atoms with Gasteiger partial charge in [-0.3, -0.25) is 9.59 Å². The summed E-state index contributed by atoms with van der Waals surface area (Å²) in [5.41, 5.74) is 0. The maximum atomic E-state index is 13.0. The van der Waals surface area contributed by atoms with Gasteiger partial charge in [0.1, 0.15) is 5.82 Å². The summed E-state index contributed by atoms with van der Waals surface area (Å²) in [6.07, 6.45) is 4.68. The minimum Gasteiger partial charge on any atom is -0.481 e. The molecule has 4 atom stereocenters. The van der Waals surface area contributed by atoms with Crippen molar-refractivity contribution in [3.05, 3.63) is 24.4 Å². The molecule has 6 heteroatoms. The van der Waals surface area contributed by atoms with Crippen LogP contribution in [0.1, 0.15) is 19.3 Å². The molecule has 128 valence electrons. The third-order valence-corrected chi connectivity index (χ3v) is 6.05. The van der Waals surface area contributed by atoms with Crippen LogP contribution in [-0.2, 0) is 9.59 Å². The highest BCUT2D eigenvalue weighted by Crippen LogP contribution is 2.53. The number of piperazine rings is 1. The van der Waals surface area contributed by atoms with Gasteiger partial charge in [0, 0.05) is 32.4 Å². The fourth-order valence-electron chi connectivity index (χ4n) is 4.91. The monoisotopic (exact) mass is 329 g/mol. The Hall–Kier alpha value is -2.11. The number of pyridine rings is 1. The van der Waals surface area contributed by atoms with E-state index in [1.54, 1.807) is 6.20 Å². The second-order valence-corrected chi connectivity index (χ2v) is 7.22. The Morgan fingerprint density at radius 1 is 1.04 bits per heavy atom. The molecule has 1 aromatic rings. The molecule has 2 heterocycles. The number of nitrogens with zero attached hydrogens (tertiary/aromatic N) is 3. The van der Waals surface area contributed by atoms with Crippen LogP contribution < -0.4 is 4.90 Å². The van der Waals surface area contributed by atoms with Crippen molar-refractivity contribution in [1.29, 1.82) is 0 Å². The van der Waals surface area contributed by atoms with E-state index in [2.05, 4.69) is 9.88 Å². The number of anilines is 1. The smallest absolute Gasteiger partial charge is 0.307 e. The predicted octanol–water partition coefficient (Wildman–Crippen LogP) is 1.48. The largest absolute Gasteiger partial charge is 0.481 e. The molecule has 1 amide bonds. The molecule has 0 spiro atoms. The third-order valence-electron chi connectivity index (χ3n) is 6.05. The maximum absolute atomic E-state index is 13.0. The fourth-order valence-corrected chi connectivity index (χ4v) is 4.91. The van der Waals surface area contributed by atoms with Gasteiger partial charge in [0.05, 0.1) is 11.8 Å². The van der Waals surface area contributed by atoms with E-state index in [1.165, 1.54) is 0 Å². The topological polar surface area (TPSA) is 73.7 Å². The van der Waals surface area contributed by atoms with E-state index >= 15 is 0 Å². The van der Waals surface area contributed by atoms with Gasteiger partial charge in [0.15, 0.2) is 0 Å². The Labute approximate surface area is 141 Å². The molecular weight excluding hydrogens is 306 g/mol. The molecule has 2 bridgehead atoms. The summed E-state index contributed by atoms with van der Waals surface area (Å²) in [6.45, 7) is 2.80. The van der Waals surface area contributed by atoms with E-state index in [-0.39, 0.29) is 23.7 Å². The summed E-state index contributed by atoms with van der Waals surface area (Å²) in [4.78, 5) is 33.0. The number of amides is 1. The molecule has 2 saturated carbocycles. The Balaban J connectivity index is 1.42. The lowest BCUT2D eigenvalue weighted by atomic mass is 9.78. The summed E-state index contributed by atoms with van der Waals surface area (Å²) < 4.78 is 0. The first-order valence-electron chi connectivity index (χ1n) is 8.82. The molecule has 6 nitrogen and oxygen atoms in total. The first kappa shape index (κ1) is 15.4. The lowest BCUT2D eigenvalue weighted by molar-refractivity contribution is -0.153. The molecule has 24 heavy (non-hydrogen) atoms. The van der Waals surface area contributed by atoms with Crippen LogP contribution in [0.4, 0.5) is 5.82 Å². The Bertz CT molecular complexity index is 628. The summed E-state index contributed by atoms with van der Waals surface area (Å²) in [7, 11) is 0. The van der Waals surface area contributed by atoms with Crippen LogP contribution in [0, 0.1) is 23.7 Å². The molecule has 2 aliphatic carbocycles. The highest BCUT2D eigenvalue weighted by Gasteiger charge is 2.54. The molecule has 4 rings (SSSR count). The Morgan fingerprint density at radius 2 is 1.75 bits per heavy atom. The highest BCUT2D eigenvalue weighted by atomic mass is 16.4. The number of hydrogen-bond acceptors (Lipinski definition) is 4. The number of carbonyl (C=O) groups is 2. The van der Waals surface area contributed by atoms with E-state index in [1.807, 2.05) is 23.1 Å². The number of fused-ring (bicyclic) bond motifs is 2. The number of carbonyl (C=O) groups excluding carboxylic acids is 1. The van der Waals surface area contributed by atoms with E-state index in [0.717, 1.165) is 38.2 Å². The summed E-state index contributed by atoms with van der Waals surface area (Å²) in [6, 6.07) is 5.84. The van der Waals surface area contributed by atoms with Gasteiger partial charge in [-0.2, -0.15) is 0 Å². The van der Waals surface area contributed by atoms with E-state index in [9.17, 15) is 14.7 Å². The van der Waals surface area contributed by atoms with Crippen LogP contribution in [0.3, 0.4) is 0 Å². The minimum atomic E-state index is -0.785. The summed E-state index contributed by atoms with van der Waals surface area (Å²) in [5, 5.41) is 9.56. The van der Waals surface area contributed by atoms with Gasteiger partial charge in [0.25, 0.3) is 0 Å². The standard InChI is InChI=1S/C18H23N3O3/c22-17(15-12-4-5-13(11-12)16(15)18(23)24)21-9-7-20(8-10-21)14-3-1-2-6-19-14/h1-3,6,12-13,15-16H,4-5,7-11H2,(H,23,24). The lowest BCUT2D eigenvalue weighted by Gasteiger charge is -2.38. The van der Waals surface area contributed by atoms with Crippen LogP contribution in [0.15, 0.2) is 24.4 Å². The summed E-state index contributed by atoms with van der Waals surface area (Å²) in [5.74, 6) is -0.0720. The van der Waals surface area contributed by atoms with Gasteiger partial charge in [-0.05, 0) is 43.2 Å². The van der Waals surface area contributed by atoms with E-state index < -0.39 is 11.9 Å². The first-order chi connectivity index (χ1) is 11.6. The predicted molar refractivity (Wildman–Crippen MR) is 88.5 cm³/mol. The molecule has 1 aliphatic heterocycles. The molecule has 3 aliphatic rings. The van der Waals surface area contributed by atoms with Crippen LogP contribution in [0.2, 0.25) is 0 Å². The van der Waals surface area contributed by atoms with E-state index in [0.29, 0.717) is 13.1 Å². The molecule has 0 aromatic carbocycles. The number of rotatable bonds is 3. The van der Waals surface area contributed by atoms with Crippen molar-refractivity contribution in [1.82, 2.24) is 9.88 Å². The van der Waals surface area contributed by atoms with Crippen molar-refractivity contribution in [2.75, 3.05) is 31.1 Å². The van der Waals surface area contributed by atoms with Crippen LogP contribution >= 0.6 is 0 Å². The average Bonchev–Trinajstić information content (AvgIpc) is 3.23. The minimum absolute atomic E-state index is 0.0651. The quantitative estimate of drug-likeness (QED) is 0.909. The van der Waals surface area contributed by atoms with Gasteiger partial charge in [-0.25, -0.2) is 4.98 Å². The second kappa shape index (κ2) is 6.07. The van der Waals surface area contributed by atoms with Gasteiger partial charge < -0.3 is 14.9 Å². The molecule has 0 radical (unpaired) electrons. The summed E-state index contributed by atoms with van der Waals surface area (Å²) >= 11 is 0. The van der Waals surface area contributed by atoms with E-state index in [4.69, 9.17) is 0 Å². The average molecular weight is 329 g/mol. The molecule has 3 fully saturated rings. The van der Waals surface area contributed by atoms with Crippen molar-refractivity contribution < 1.29 is 14.7 Å². The second-order valence-electron chi connectivity index (χ2n) is 7.22. The van der Waals surface area contributed by atoms with Crippen LogP contribution in [-0.4, -0.2) is 53.0 Å². The molecule has 4 unspecified atom stereocenters. The Kier molecular flexibility index (Phi) is 3.90. The normalized spacial score (nSPS) is 32.2. The zero-order valence-corrected chi connectivity index (χ0v) is 13.7. The molecular formula is C18H23N3O3. The first-order valence-corrected chi connectivity index (χ1v) is 8.82. The number of carboxylic acids is 1. The van der Waals surface area contributed by atoms with Crippen LogP contribution in [0.25, 0.3) is 0 Å². The molecule has 1 saturated heterocycles. The van der Waals surface area contributed by atoms with Crippen molar-refractivity contribution in [2.45, 2.75) is 19.3 Å². The fraction of sp³-hybridized carbons (Fsp3) is 0.611. The maximum Gasteiger partial charge on any atom is 0.307 e. The zero-order chi connectivity index (χ0) is 16.7. The van der Waals surface area contributed by atoms with Gasteiger partial charge in [-0.15, -0.1) is 0 Å². The lowest BCUT2D eigenvalue weighted by Crippen LogP contribution is -2.52.